The average Bonchev–Trinajstić information content (AvgIpc) is 3.46. The number of nitrogens with zero attached hydrogens (tertiary/aromatic N) is 3. The lowest BCUT2D eigenvalue weighted by Gasteiger charge is -2.15. The molecule has 162 valence electrons. The summed E-state index contributed by atoms with van der Waals surface area (Å²) in [6.07, 6.45) is 8.21. The zero-order valence-corrected chi connectivity index (χ0v) is 19.4. The number of carbonyl (C=O) groups is 1. The molecular formula is C24H28N4OS2. The number of hydrogen-bond donors (Lipinski definition) is 1. The molecule has 3 aromatic rings. The molecule has 0 saturated carbocycles. The van der Waals surface area contributed by atoms with E-state index in [2.05, 4.69) is 44.4 Å². The van der Waals surface area contributed by atoms with Crippen molar-refractivity contribution >= 4 is 29.0 Å². The molecule has 1 aromatic carbocycles. The zero-order valence-electron chi connectivity index (χ0n) is 17.8. The first-order chi connectivity index (χ1) is 15.2. The van der Waals surface area contributed by atoms with Gasteiger partial charge in [-0.25, -0.2) is 0 Å². The van der Waals surface area contributed by atoms with E-state index in [1.165, 1.54) is 48.6 Å². The zero-order chi connectivity index (χ0) is 21.5. The van der Waals surface area contributed by atoms with Crippen molar-refractivity contribution in [3.05, 3.63) is 65.1 Å². The summed E-state index contributed by atoms with van der Waals surface area (Å²) in [5.74, 6) is 0.895. The fraction of sp³-hybridized carbons (Fsp3) is 0.375. The Morgan fingerprint density at radius 1 is 1.19 bits per heavy atom. The van der Waals surface area contributed by atoms with E-state index in [1.807, 2.05) is 36.6 Å². The number of thioether (sulfide) groups is 1. The number of carbonyl (C=O) groups excluding carboxylic acids is 1. The molecule has 2 aromatic heterocycles. The van der Waals surface area contributed by atoms with Gasteiger partial charge in [-0.2, -0.15) is 0 Å². The lowest BCUT2D eigenvalue weighted by Crippen LogP contribution is -2.32. The third kappa shape index (κ3) is 5.86. The summed E-state index contributed by atoms with van der Waals surface area (Å²) in [4.78, 5) is 13.8. The molecule has 1 N–H and O–H groups in total. The van der Waals surface area contributed by atoms with Crippen LogP contribution in [0.2, 0.25) is 0 Å². The van der Waals surface area contributed by atoms with Gasteiger partial charge in [0.25, 0.3) is 0 Å². The molecule has 1 atom stereocenters. The summed E-state index contributed by atoms with van der Waals surface area (Å²) in [7, 11) is 0. The van der Waals surface area contributed by atoms with Crippen LogP contribution in [0.4, 0.5) is 0 Å². The highest BCUT2D eigenvalue weighted by Crippen LogP contribution is 2.30. The normalized spacial score (nSPS) is 14.8. The molecule has 1 amide bonds. The molecule has 0 radical (unpaired) electrons. The van der Waals surface area contributed by atoms with E-state index in [9.17, 15) is 4.79 Å². The van der Waals surface area contributed by atoms with E-state index in [0.717, 1.165) is 22.3 Å². The third-order valence-corrected chi connectivity index (χ3v) is 7.37. The molecule has 0 fully saturated rings. The quantitative estimate of drug-likeness (QED) is 0.342. The smallest absolute Gasteiger partial charge is 0.233 e. The van der Waals surface area contributed by atoms with Gasteiger partial charge in [0.1, 0.15) is 0 Å². The minimum atomic E-state index is -0.241. The summed E-state index contributed by atoms with van der Waals surface area (Å²) < 4.78 is 2.11. The summed E-state index contributed by atoms with van der Waals surface area (Å²) in [6, 6.07) is 14.4. The van der Waals surface area contributed by atoms with E-state index >= 15 is 0 Å². The van der Waals surface area contributed by atoms with Gasteiger partial charge in [0.2, 0.25) is 5.91 Å². The Morgan fingerprint density at radius 2 is 2.06 bits per heavy atom. The van der Waals surface area contributed by atoms with Crippen molar-refractivity contribution in [2.45, 2.75) is 56.0 Å². The monoisotopic (exact) mass is 452 g/mol. The maximum atomic E-state index is 12.7. The lowest BCUT2D eigenvalue weighted by atomic mass is 9.97. The van der Waals surface area contributed by atoms with E-state index in [0.29, 0.717) is 13.1 Å². The largest absolute Gasteiger partial charge is 0.355 e. The van der Waals surface area contributed by atoms with Gasteiger partial charge in [-0.05, 0) is 56.0 Å². The van der Waals surface area contributed by atoms with Gasteiger partial charge in [0.15, 0.2) is 11.0 Å². The molecule has 2 heterocycles. The predicted octanol–water partition coefficient (Wildman–Crippen LogP) is 5.54. The number of benzene rings is 1. The first kappa shape index (κ1) is 21.8. The number of nitrogens with one attached hydrogen (secondary N) is 1. The Morgan fingerprint density at radius 3 is 2.81 bits per heavy atom. The molecule has 0 unspecified atom stereocenters. The Kier molecular flexibility index (Phi) is 7.59. The van der Waals surface area contributed by atoms with E-state index in [1.54, 1.807) is 11.3 Å². The van der Waals surface area contributed by atoms with Gasteiger partial charge in [0, 0.05) is 6.54 Å². The van der Waals surface area contributed by atoms with Gasteiger partial charge in [0.05, 0.1) is 16.7 Å². The van der Waals surface area contributed by atoms with Crippen LogP contribution in [0, 0.1) is 0 Å². The average molecular weight is 453 g/mol. The van der Waals surface area contributed by atoms with Crippen LogP contribution in [-0.2, 0) is 11.3 Å². The Labute approximate surface area is 192 Å². The van der Waals surface area contributed by atoms with Crippen LogP contribution >= 0.6 is 23.1 Å². The Bertz CT molecular complexity index is 1010. The van der Waals surface area contributed by atoms with Gasteiger partial charge in [-0.15, -0.1) is 21.5 Å². The standard InChI is InChI=1S/C24H28N4OS2/c1-18(23(29)25-15-14-19-9-4-2-5-10-19)31-24-27-26-22(21-13-8-16-30-21)28(24)17-20-11-6-3-7-12-20/h3,6-9,11-13,16,18H,2,4-5,10,14-15,17H2,1H3,(H,25,29)/t18-/m1/s1. The van der Waals surface area contributed by atoms with Crippen molar-refractivity contribution in [1.29, 1.82) is 0 Å². The molecule has 0 bridgehead atoms. The highest BCUT2D eigenvalue weighted by atomic mass is 32.2. The number of rotatable bonds is 9. The number of hydrogen-bond acceptors (Lipinski definition) is 5. The number of aromatic nitrogens is 3. The third-order valence-electron chi connectivity index (χ3n) is 5.42. The molecule has 31 heavy (non-hydrogen) atoms. The maximum absolute atomic E-state index is 12.7. The van der Waals surface area contributed by atoms with Crippen LogP contribution < -0.4 is 5.32 Å². The second-order valence-corrected chi connectivity index (χ2v) is 10.0. The minimum absolute atomic E-state index is 0.0494. The highest BCUT2D eigenvalue weighted by molar-refractivity contribution is 8.00. The van der Waals surface area contributed by atoms with Crippen molar-refractivity contribution in [3.8, 4) is 10.7 Å². The van der Waals surface area contributed by atoms with Gasteiger partial charge < -0.3 is 5.32 Å². The van der Waals surface area contributed by atoms with E-state index in [4.69, 9.17) is 0 Å². The fourth-order valence-electron chi connectivity index (χ4n) is 3.71. The molecule has 0 saturated heterocycles. The number of thiophene rings is 1. The molecule has 1 aliphatic carbocycles. The molecule has 5 nitrogen and oxygen atoms in total. The fourth-order valence-corrected chi connectivity index (χ4v) is 5.30. The lowest BCUT2D eigenvalue weighted by molar-refractivity contribution is -0.120. The van der Waals surface area contributed by atoms with Crippen molar-refractivity contribution in [3.63, 3.8) is 0 Å². The number of amides is 1. The second-order valence-electron chi connectivity index (χ2n) is 7.76. The Balaban J connectivity index is 1.43. The molecule has 0 aliphatic heterocycles. The maximum Gasteiger partial charge on any atom is 0.233 e. The summed E-state index contributed by atoms with van der Waals surface area (Å²) >= 11 is 3.12. The highest BCUT2D eigenvalue weighted by Gasteiger charge is 2.21. The molecule has 1 aliphatic rings. The van der Waals surface area contributed by atoms with Crippen LogP contribution in [0.5, 0.6) is 0 Å². The molecule has 7 heteroatoms. The number of allylic oxidation sites excluding steroid dienone is 1. The Hall–Kier alpha value is -2.38. The molecule has 0 spiro atoms. The summed E-state index contributed by atoms with van der Waals surface area (Å²) in [6.45, 7) is 3.31. The van der Waals surface area contributed by atoms with Crippen LogP contribution in [0.1, 0.15) is 44.6 Å². The van der Waals surface area contributed by atoms with Crippen molar-refractivity contribution in [1.82, 2.24) is 20.1 Å². The first-order valence-electron chi connectivity index (χ1n) is 10.8. The van der Waals surface area contributed by atoms with Crippen molar-refractivity contribution in [2.75, 3.05) is 6.54 Å². The minimum Gasteiger partial charge on any atom is -0.355 e. The van der Waals surface area contributed by atoms with Crippen LogP contribution in [0.15, 0.2) is 64.7 Å². The second kappa shape index (κ2) is 10.8. The van der Waals surface area contributed by atoms with Gasteiger partial charge in [-0.1, -0.05) is 59.8 Å². The van der Waals surface area contributed by atoms with Crippen molar-refractivity contribution in [2.24, 2.45) is 0 Å². The predicted molar refractivity (Wildman–Crippen MR) is 128 cm³/mol. The topological polar surface area (TPSA) is 59.8 Å². The van der Waals surface area contributed by atoms with E-state index in [-0.39, 0.29) is 11.2 Å². The van der Waals surface area contributed by atoms with Gasteiger partial charge in [-0.3, -0.25) is 9.36 Å². The van der Waals surface area contributed by atoms with Crippen molar-refractivity contribution < 1.29 is 4.79 Å². The van der Waals surface area contributed by atoms with Crippen LogP contribution in [0.3, 0.4) is 0 Å². The molecular weight excluding hydrogens is 424 g/mol. The van der Waals surface area contributed by atoms with Gasteiger partial charge >= 0.3 is 0 Å². The first-order valence-corrected chi connectivity index (χ1v) is 12.6. The van der Waals surface area contributed by atoms with Crippen LogP contribution in [0.25, 0.3) is 10.7 Å². The van der Waals surface area contributed by atoms with Crippen LogP contribution in [-0.4, -0.2) is 32.5 Å². The van der Waals surface area contributed by atoms with E-state index < -0.39 is 0 Å². The summed E-state index contributed by atoms with van der Waals surface area (Å²) in [5.41, 5.74) is 2.66. The molecule has 4 rings (SSSR count). The summed E-state index contributed by atoms with van der Waals surface area (Å²) in [5, 5.41) is 14.6. The SMILES string of the molecule is C[C@@H](Sc1nnc(-c2cccs2)n1Cc1ccccc1)C(=O)NCCC1=CCCCC1.